The van der Waals surface area contributed by atoms with E-state index in [1.807, 2.05) is 45.1 Å². The van der Waals surface area contributed by atoms with Gasteiger partial charge in [0.2, 0.25) is 11.8 Å². The number of hydrogen-bond acceptors (Lipinski definition) is 6. The number of esters is 1. The van der Waals surface area contributed by atoms with E-state index in [4.69, 9.17) is 9.47 Å². The van der Waals surface area contributed by atoms with Gasteiger partial charge < -0.3 is 24.4 Å². The largest absolute Gasteiger partial charge is 0.465 e. The lowest BCUT2D eigenvalue weighted by molar-refractivity contribution is -0.155. The Labute approximate surface area is 189 Å². The zero-order valence-electron chi connectivity index (χ0n) is 19.2. The van der Waals surface area contributed by atoms with Crippen LogP contribution in [0.5, 0.6) is 0 Å². The molecule has 5 atom stereocenters. The van der Waals surface area contributed by atoms with Gasteiger partial charge in [-0.05, 0) is 46.5 Å². The minimum atomic E-state index is -1.24. The number of likely N-dealkylation sites (tertiary alicyclic amines) is 1. The van der Waals surface area contributed by atoms with Gasteiger partial charge in [0.25, 0.3) is 0 Å². The molecule has 0 saturated carbocycles. The third-order valence-electron chi connectivity index (χ3n) is 6.97. The fourth-order valence-electron chi connectivity index (χ4n) is 5.50. The van der Waals surface area contributed by atoms with Crippen LogP contribution in [-0.4, -0.2) is 82.3 Å². The Hall–Kier alpha value is -2.19. The number of aliphatic hydroxyl groups is 1. The van der Waals surface area contributed by atoms with Gasteiger partial charge in [-0.3, -0.25) is 14.4 Å². The Bertz CT molecular complexity index is 831. The number of allylic oxidation sites excluding steroid dienone is 1. The van der Waals surface area contributed by atoms with E-state index in [0.29, 0.717) is 19.6 Å². The zero-order chi connectivity index (χ0) is 23.1. The maximum absolute atomic E-state index is 13.9. The summed E-state index contributed by atoms with van der Waals surface area (Å²) in [6, 6.07) is -0.886. The van der Waals surface area contributed by atoms with Gasteiger partial charge in [-0.2, -0.15) is 0 Å². The average Bonchev–Trinajstić information content (AvgIpc) is 3.10. The predicted molar refractivity (Wildman–Crippen MR) is 116 cm³/mol. The smallest absolute Gasteiger partial charge is 0.312 e. The topological polar surface area (TPSA) is 96.4 Å². The maximum Gasteiger partial charge on any atom is 0.312 e. The van der Waals surface area contributed by atoms with Gasteiger partial charge in [0, 0.05) is 25.2 Å². The molecule has 176 valence electrons. The minimum absolute atomic E-state index is 0.0983. The van der Waals surface area contributed by atoms with E-state index in [2.05, 4.69) is 0 Å². The number of rotatable bonds is 3. The van der Waals surface area contributed by atoms with E-state index < -0.39 is 41.1 Å². The lowest BCUT2D eigenvalue weighted by atomic mass is 9.77. The molecule has 4 heterocycles. The molecule has 0 bridgehead atoms. The van der Waals surface area contributed by atoms with Crippen molar-refractivity contribution < 1.29 is 29.0 Å². The van der Waals surface area contributed by atoms with Crippen molar-refractivity contribution in [3.8, 4) is 0 Å². The molecule has 1 spiro atoms. The number of carbonyl (C=O) groups is 3. The van der Waals surface area contributed by atoms with Gasteiger partial charge in [-0.1, -0.05) is 24.3 Å². The Balaban J connectivity index is 1.81. The Kier molecular flexibility index (Phi) is 6.20. The van der Waals surface area contributed by atoms with Crippen LogP contribution in [-0.2, 0) is 23.9 Å². The van der Waals surface area contributed by atoms with Crippen LogP contribution < -0.4 is 0 Å². The van der Waals surface area contributed by atoms with Crippen LogP contribution >= 0.6 is 0 Å². The molecule has 0 aromatic carbocycles. The number of cyclic esters (lactones) is 1. The highest BCUT2D eigenvalue weighted by molar-refractivity contribution is 5.99. The molecule has 1 unspecified atom stereocenters. The van der Waals surface area contributed by atoms with Crippen molar-refractivity contribution in [3.05, 3.63) is 24.3 Å². The van der Waals surface area contributed by atoms with Crippen molar-refractivity contribution >= 4 is 17.8 Å². The minimum Gasteiger partial charge on any atom is -0.465 e. The summed E-state index contributed by atoms with van der Waals surface area (Å²) in [6.45, 7) is 6.71. The molecule has 0 aromatic heterocycles. The van der Waals surface area contributed by atoms with Gasteiger partial charge in [-0.15, -0.1) is 0 Å². The summed E-state index contributed by atoms with van der Waals surface area (Å²) < 4.78 is 12.1. The first-order valence-electron chi connectivity index (χ1n) is 11.6. The number of carbonyl (C=O) groups excluding carboxylic acids is 3. The summed E-state index contributed by atoms with van der Waals surface area (Å²) in [5.74, 6) is -2.58. The van der Waals surface area contributed by atoms with E-state index in [-0.39, 0.29) is 25.0 Å². The molecule has 4 aliphatic heterocycles. The number of nitrogens with zero attached hydrogens (tertiary/aromatic N) is 2. The summed E-state index contributed by atoms with van der Waals surface area (Å²) in [4.78, 5) is 44.0. The van der Waals surface area contributed by atoms with Crippen LogP contribution in [0, 0.1) is 11.8 Å². The summed E-state index contributed by atoms with van der Waals surface area (Å²) in [7, 11) is 0. The highest BCUT2D eigenvalue weighted by atomic mass is 16.6. The standard InChI is InChI=1S/C24H34N2O6/c1-23(2,3)26-13-8-11-24-18(20(28)25(12-9-14-27)19(24)21(26)29)17-16(32-24)10-6-4-5-7-15-31-22(17)30/h6,8,10-11,16-19,27H,4-5,7,9,12-15H2,1-3H3/b10-6-/t16-,17+,18+,19?,24+/m1/s1. The van der Waals surface area contributed by atoms with Crippen LogP contribution in [0.3, 0.4) is 0 Å². The summed E-state index contributed by atoms with van der Waals surface area (Å²) in [5.41, 5.74) is -1.69. The second kappa shape index (κ2) is 8.63. The lowest BCUT2D eigenvalue weighted by Crippen LogP contribution is -2.58. The molecular formula is C24H34N2O6. The summed E-state index contributed by atoms with van der Waals surface area (Å²) in [5, 5.41) is 9.41. The zero-order valence-corrected chi connectivity index (χ0v) is 19.2. The molecule has 8 nitrogen and oxygen atoms in total. The number of fused-ring (bicyclic) bond motifs is 2. The van der Waals surface area contributed by atoms with Crippen molar-refractivity contribution in [1.29, 1.82) is 0 Å². The summed E-state index contributed by atoms with van der Waals surface area (Å²) in [6.07, 6.45) is 9.80. The lowest BCUT2D eigenvalue weighted by Gasteiger charge is -2.40. The molecule has 0 aliphatic carbocycles. The van der Waals surface area contributed by atoms with Crippen molar-refractivity contribution in [2.24, 2.45) is 11.8 Å². The number of amides is 2. The van der Waals surface area contributed by atoms with Gasteiger partial charge in [0.05, 0.1) is 18.6 Å². The maximum atomic E-state index is 13.9. The van der Waals surface area contributed by atoms with Crippen LogP contribution in [0.25, 0.3) is 0 Å². The van der Waals surface area contributed by atoms with Crippen LogP contribution in [0.15, 0.2) is 24.3 Å². The van der Waals surface area contributed by atoms with E-state index in [1.54, 1.807) is 4.90 Å². The third-order valence-corrected chi connectivity index (χ3v) is 6.97. The normalized spacial score (nSPS) is 36.3. The second-order valence-electron chi connectivity index (χ2n) is 10.1. The van der Waals surface area contributed by atoms with Crippen molar-refractivity contribution in [2.45, 2.75) is 69.7 Å². The first-order valence-corrected chi connectivity index (χ1v) is 11.6. The molecule has 0 aromatic rings. The van der Waals surface area contributed by atoms with Gasteiger partial charge in [0.15, 0.2) is 0 Å². The van der Waals surface area contributed by atoms with E-state index in [0.717, 1.165) is 19.3 Å². The molecule has 2 amide bonds. The predicted octanol–water partition coefficient (Wildman–Crippen LogP) is 1.43. The quantitative estimate of drug-likeness (QED) is 0.521. The van der Waals surface area contributed by atoms with Crippen molar-refractivity contribution in [3.63, 3.8) is 0 Å². The molecule has 32 heavy (non-hydrogen) atoms. The van der Waals surface area contributed by atoms with Gasteiger partial charge in [-0.25, -0.2) is 0 Å². The SMILES string of the molecule is CC(C)(C)N1CC=C[C@]23O[C@@H]4/C=C\CCCCOC(=O)[C@@H]4[C@H]2C(=O)N(CCCO)C3C1=O. The van der Waals surface area contributed by atoms with Gasteiger partial charge in [0.1, 0.15) is 17.6 Å². The third kappa shape index (κ3) is 3.67. The monoisotopic (exact) mass is 446 g/mol. The van der Waals surface area contributed by atoms with E-state index in [9.17, 15) is 19.5 Å². The molecule has 0 radical (unpaired) electrons. The fraction of sp³-hybridized carbons (Fsp3) is 0.708. The van der Waals surface area contributed by atoms with Crippen LogP contribution in [0.4, 0.5) is 0 Å². The highest BCUT2D eigenvalue weighted by Crippen LogP contribution is 2.53. The van der Waals surface area contributed by atoms with Crippen LogP contribution in [0.1, 0.15) is 46.5 Å². The molecule has 8 heteroatoms. The number of ether oxygens (including phenoxy) is 2. The molecule has 4 aliphatic rings. The Morgan fingerprint density at radius 1 is 1.16 bits per heavy atom. The average molecular weight is 447 g/mol. The van der Waals surface area contributed by atoms with Crippen molar-refractivity contribution in [1.82, 2.24) is 9.80 Å². The van der Waals surface area contributed by atoms with Crippen molar-refractivity contribution in [2.75, 3.05) is 26.3 Å². The van der Waals surface area contributed by atoms with Gasteiger partial charge >= 0.3 is 5.97 Å². The van der Waals surface area contributed by atoms with Crippen LogP contribution in [0.2, 0.25) is 0 Å². The Morgan fingerprint density at radius 2 is 1.94 bits per heavy atom. The fourth-order valence-corrected chi connectivity index (χ4v) is 5.50. The Morgan fingerprint density at radius 3 is 2.66 bits per heavy atom. The summed E-state index contributed by atoms with van der Waals surface area (Å²) >= 11 is 0. The molecule has 2 saturated heterocycles. The molecule has 2 fully saturated rings. The number of hydrogen-bond donors (Lipinski definition) is 1. The molecule has 4 rings (SSSR count). The second-order valence-corrected chi connectivity index (χ2v) is 10.1. The first-order chi connectivity index (χ1) is 15.2. The first kappa shape index (κ1) is 23.0. The molecular weight excluding hydrogens is 412 g/mol. The highest BCUT2D eigenvalue weighted by Gasteiger charge is 2.71. The van der Waals surface area contributed by atoms with E-state index in [1.165, 1.54) is 4.90 Å². The molecule has 1 N–H and O–H groups in total. The number of aliphatic hydroxyl groups excluding tert-OH is 1. The van der Waals surface area contributed by atoms with E-state index >= 15 is 0 Å².